The normalized spacial score (nSPS) is 10.9. The van der Waals surface area contributed by atoms with Crippen LogP contribution in [0, 0.1) is 21.4 Å². The molecule has 0 bridgehead atoms. The average molecular weight is 533 g/mol. The second kappa shape index (κ2) is 11.6. The molecule has 0 saturated carbocycles. The zero-order chi connectivity index (χ0) is 25.5. The molecular formula is C24H16Cl3N3O5. The number of rotatable bonds is 8. The molecule has 0 heterocycles. The molecular weight excluding hydrogens is 517 g/mol. The van der Waals surface area contributed by atoms with E-state index in [0.29, 0.717) is 22.1 Å². The van der Waals surface area contributed by atoms with Crippen molar-refractivity contribution in [3.63, 3.8) is 0 Å². The Bertz CT molecular complexity index is 1350. The number of halogens is 3. The summed E-state index contributed by atoms with van der Waals surface area (Å²) < 4.78 is 11.2. The third kappa shape index (κ3) is 6.64. The smallest absolute Gasteiger partial charge is 0.272 e. The molecule has 8 nitrogen and oxygen atoms in total. The average Bonchev–Trinajstić information content (AvgIpc) is 2.83. The van der Waals surface area contributed by atoms with Gasteiger partial charge in [-0.05, 0) is 41.5 Å². The molecule has 3 aromatic carbocycles. The molecule has 0 fully saturated rings. The first-order chi connectivity index (χ1) is 16.7. The summed E-state index contributed by atoms with van der Waals surface area (Å²) in [5, 5.41) is 23.2. The van der Waals surface area contributed by atoms with Crippen molar-refractivity contribution in [2.75, 3.05) is 12.4 Å². The highest BCUT2D eigenvalue weighted by atomic mass is 35.5. The van der Waals surface area contributed by atoms with E-state index >= 15 is 0 Å². The van der Waals surface area contributed by atoms with E-state index in [1.807, 2.05) is 18.2 Å². The minimum absolute atomic E-state index is 0.0487. The Morgan fingerprint density at radius 1 is 1.11 bits per heavy atom. The SMILES string of the molecule is COc1cc(/C=C(\C#N)C(=O)Nc2c(Cl)cc([N+](=O)[O-])cc2Cl)ccc1OCc1cccc(Cl)c1. The van der Waals surface area contributed by atoms with Gasteiger partial charge in [0.05, 0.1) is 27.8 Å². The number of anilines is 1. The third-order valence-corrected chi connectivity index (χ3v) is 5.45. The number of methoxy groups -OCH3 is 1. The number of nitrogens with one attached hydrogen (secondary N) is 1. The van der Waals surface area contributed by atoms with Crippen LogP contribution in [0.3, 0.4) is 0 Å². The van der Waals surface area contributed by atoms with E-state index in [4.69, 9.17) is 44.3 Å². The Morgan fingerprint density at radius 3 is 2.43 bits per heavy atom. The molecule has 11 heteroatoms. The molecule has 0 atom stereocenters. The summed E-state index contributed by atoms with van der Waals surface area (Å²) in [5.74, 6) is 0.0439. The highest BCUT2D eigenvalue weighted by Crippen LogP contribution is 2.35. The number of benzene rings is 3. The van der Waals surface area contributed by atoms with E-state index in [2.05, 4.69) is 5.32 Å². The summed E-state index contributed by atoms with van der Waals surface area (Å²) in [5.41, 5.74) is 0.719. The van der Waals surface area contributed by atoms with Crippen molar-refractivity contribution in [1.29, 1.82) is 5.26 Å². The summed E-state index contributed by atoms with van der Waals surface area (Å²) in [6, 6.07) is 16.0. The standard InChI is InChI=1S/C24H16Cl3N3O5/c1-34-22-9-14(5-6-21(22)35-13-15-3-2-4-17(25)8-15)7-16(12-28)24(31)29-23-19(26)10-18(30(32)33)11-20(23)27/h2-11H,13H2,1H3,(H,29,31)/b16-7+. The minimum Gasteiger partial charge on any atom is -0.493 e. The van der Waals surface area contributed by atoms with Crippen molar-refractivity contribution in [2.24, 2.45) is 0 Å². The molecule has 0 unspecified atom stereocenters. The van der Waals surface area contributed by atoms with Crippen molar-refractivity contribution in [1.82, 2.24) is 0 Å². The molecule has 1 N–H and O–H groups in total. The van der Waals surface area contributed by atoms with Gasteiger partial charge in [-0.25, -0.2) is 0 Å². The van der Waals surface area contributed by atoms with Crippen LogP contribution in [0.25, 0.3) is 6.08 Å². The number of non-ortho nitro benzene ring substituents is 1. The highest BCUT2D eigenvalue weighted by molar-refractivity contribution is 6.40. The van der Waals surface area contributed by atoms with Gasteiger partial charge < -0.3 is 14.8 Å². The minimum atomic E-state index is -0.801. The molecule has 35 heavy (non-hydrogen) atoms. The Labute approximate surface area is 215 Å². The van der Waals surface area contributed by atoms with Gasteiger partial charge in [-0.15, -0.1) is 0 Å². The van der Waals surface area contributed by atoms with Crippen molar-refractivity contribution in [3.05, 3.63) is 96.5 Å². The molecule has 0 aliphatic heterocycles. The first kappa shape index (κ1) is 25.8. The zero-order valence-electron chi connectivity index (χ0n) is 18.1. The van der Waals surface area contributed by atoms with Crippen molar-refractivity contribution >= 4 is 58.2 Å². The first-order valence-corrected chi connectivity index (χ1v) is 11.0. The van der Waals surface area contributed by atoms with Crippen LogP contribution < -0.4 is 14.8 Å². The quantitative estimate of drug-likeness (QED) is 0.150. The molecule has 0 aromatic heterocycles. The van der Waals surface area contributed by atoms with E-state index in [9.17, 15) is 20.2 Å². The van der Waals surface area contributed by atoms with Gasteiger partial charge >= 0.3 is 0 Å². The van der Waals surface area contributed by atoms with Gasteiger partial charge in [0.2, 0.25) is 0 Å². The second-order valence-corrected chi connectivity index (χ2v) is 8.25. The van der Waals surface area contributed by atoms with Gasteiger partial charge in [-0.1, -0.05) is 53.0 Å². The number of amides is 1. The number of carbonyl (C=O) groups excluding carboxylic acids is 1. The van der Waals surface area contributed by atoms with Crippen LogP contribution in [0.15, 0.2) is 60.2 Å². The van der Waals surface area contributed by atoms with Gasteiger partial charge in [0.25, 0.3) is 11.6 Å². The lowest BCUT2D eigenvalue weighted by Gasteiger charge is -2.12. The van der Waals surface area contributed by atoms with E-state index in [0.717, 1.165) is 17.7 Å². The maximum absolute atomic E-state index is 12.7. The number of carbonyl (C=O) groups is 1. The Kier molecular flexibility index (Phi) is 8.55. The summed E-state index contributed by atoms with van der Waals surface area (Å²) in [6.07, 6.45) is 1.34. The number of nitro benzene ring substituents is 1. The van der Waals surface area contributed by atoms with Crippen LogP contribution in [-0.2, 0) is 11.4 Å². The van der Waals surface area contributed by atoms with Crippen LogP contribution in [0.2, 0.25) is 15.1 Å². The predicted molar refractivity (Wildman–Crippen MR) is 134 cm³/mol. The van der Waals surface area contributed by atoms with Crippen molar-refractivity contribution in [3.8, 4) is 17.6 Å². The lowest BCUT2D eigenvalue weighted by Crippen LogP contribution is -2.14. The van der Waals surface area contributed by atoms with E-state index in [1.165, 1.54) is 13.2 Å². The Balaban J connectivity index is 1.80. The molecule has 0 radical (unpaired) electrons. The number of hydrogen-bond donors (Lipinski definition) is 1. The molecule has 3 rings (SSSR count). The predicted octanol–water partition coefficient (Wildman–Crippen LogP) is 6.69. The lowest BCUT2D eigenvalue weighted by molar-refractivity contribution is -0.384. The molecule has 0 spiro atoms. The van der Waals surface area contributed by atoms with Crippen LogP contribution in [0.1, 0.15) is 11.1 Å². The molecule has 0 aliphatic rings. The summed E-state index contributed by atoms with van der Waals surface area (Å²) >= 11 is 18.0. The third-order valence-electron chi connectivity index (χ3n) is 4.62. The summed E-state index contributed by atoms with van der Waals surface area (Å²) in [4.78, 5) is 22.9. The number of ether oxygens (including phenoxy) is 2. The largest absolute Gasteiger partial charge is 0.493 e. The molecule has 178 valence electrons. The Morgan fingerprint density at radius 2 is 1.83 bits per heavy atom. The first-order valence-electron chi connectivity index (χ1n) is 9.83. The fourth-order valence-corrected chi connectivity index (χ4v) is 3.74. The Hall–Kier alpha value is -3.77. The summed E-state index contributed by atoms with van der Waals surface area (Å²) in [7, 11) is 1.46. The van der Waals surface area contributed by atoms with Crippen molar-refractivity contribution in [2.45, 2.75) is 6.61 Å². The van der Waals surface area contributed by atoms with Gasteiger partial charge in [-0.3, -0.25) is 14.9 Å². The van der Waals surface area contributed by atoms with Gasteiger partial charge in [0.15, 0.2) is 11.5 Å². The molecule has 0 saturated heterocycles. The summed E-state index contributed by atoms with van der Waals surface area (Å²) in [6.45, 7) is 0.259. The number of nitrogens with zero attached hydrogens (tertiary/aromatic N) is 2. The monoisotopic (exact) mass is 531 g/mol. The van der Waals surface area contributed by atoms with Crippen LogP contribution in [-0.4, -0.2) is 17.9 Å². The van der Waals surface area contributed by atoms with Crippen molar-refractivity contribution < 1.29 is 19.2 Å². The van der Waals surface area contributed by atoms with E-state index in [1.54, 1.807) is 30.3 Å². The van der Waals surface area contributed by atoms with E-state index < -0.39 is 10.8 Å². The fraction of sp³-hybridized carbons (Fsp3) is 0.0833. The lowest BCUT2D eigenvalue weighted by atomic mass is 10.1. The second-order valence-electron chi connectivity index (χ2n) is 6.99. The van der Waals surface area contributed by atoms with Gasteiger partial charge in [0, 0.05) is 17.2 Å². The van der Waals surface area contributed by atoms with Crippen LogP contribution >= 0.6 is 34.8 Å². The number of nitriles is 1. The van der Waals surface area contributed by atoms with Crippen LogP contribution in [0.4, 0.5) is 11.4 Å². The number of hydrogen-bond acceptors (Lipinski definition) is 6. The van der Waals surface area contributed by atoms with Gasteiger partial charge in [-0.2, -0.15) is 5.26 Å². The fourth-order valence-electron chi connectivity index (χ4n) is 2.96. The topological polar surface area (TPSA) is 114 Å². The zero-order valence-corrected chi connectivity index (χ0v) is 20.3. The maximum Gasteiger partial charge on any atom is 0.272 e. The molecule has 1 amide bonds. The highest BCUT2D eigenvalue weighted by Gasteiger charge is 2.18. The molecule has 0 aliphatic carbocycles. The van der Waals surface area contributed by atoms with Gasteiger partial charge in [0.1, 0.15) is 18.2 Å². The number of nitro groups is 1. The maximum atomic E-state index is 12.7. The molecule has 3 aromatic rings. The van der Waals surface area contributed by atoms with E-state index in [-0.39, 0.29) is 33.6 Å². The van der Waals surface area contributed by atoms with Crippen LogP contribution in [0.5, 0.6) is 11.5 Å².